The van der Waals surface area contributed by atoms with Gasteiger partial charge in [0.2, 0.25) is 0 Å². The van der Waals surface area contributed by atoms with Crippen LogP contribution in [0, 0.1) is 5.92 Å². The van der Waals surface area contributed by atoms with Gasteiger partial charge in [0.05, 0.1) is 0 Å². The van der Waals surface area contributed by atoms with E-state index in [0.717, 1.165) is 50.5 Å². The number of ether oxygens (including phenoxy) is 1. The monoisotopic (exact) mass is 264 g/mol. The van der Waals surface area contributed by atoms with Crippen molar-refractivity contribution >= 4 is 11.6 Å². The molecule has 19 heavy (non-hydrogen) atoms. The summed E-state index contributed by atoms with van der Waals surface area (Å²) in [5.41, 5.74) is 5.83. The smallest absolute Gasteiger partial charge is 0.133 e. The lowest BCUT2D eigenvalue weighted by atomic mass is 9.93. The summed E-state index contributed by atoms with van der Waals surface area (Å²) in [5.74, 6) is 2.85. The number of hydrogen-bond acceptors (Lipinski definition) is 5. The average Bonchev–Trinajstić information content (AvgIpc) is 2.39. The highest BCUT2D eigenvalue weighted by atomic mass is 16.5. The fourth-order valence-corrected chi connectivity index (χ4v) is 2.49. The van der Waals surface area contributed by atoms with Gasteiger partial charge in [-0.1, -0.05) is 6.92 Å². The maximum Gasteiger partial charge on any atom is 0.133 e. The zero-order chi connectivity index (χ0) is 13.7. The lowest BCUT2D eigenvalue weighted by molar-refractivity contribution is 0.0622. The number of nitrogen functional groups attached to an aromatic ring is 1. The molecule has 0 saturated carbocycles. The molecule has 1 saturated heterocycles. The van der Waals surface area contributed by atoms with Gasteiger partial charge in [-0.15, -0.1) is 0 Å². The first-order valence-corrected chi connectivity index (χ1v) is 7.16. The molecule has 1 aliphatic rings. The molecule has 1 aromatic rings. The van der Waals surface area contributed by atoms with Crippen LogP contribution in [0.2, 0.25) is 0 Å². The summed E-state index contributed by atoms with van der Waals surface area (Å²) < 4.78 is 5.40. The molecule has 1 fully saturated rings. The van der Waals surface area contributed by atoms with Crippen LogP contribution in [0.25, 0.3) is 0 Å². The van der Waals surface area contributed by atoms with Crippen LogP contribution >= 0.6 is 0 Å². The van der Waals surface area contributed by atoms with Crippen molar-refractivity contribution < 1.29 is 4.74 Å². The van der Waals surface area contributed by atoms with Crippen LogP contribution in [0.1, 0.15) is 38.9 Å². The summed E-state index contributed by atoms with van der Waals surface area (Å²) in [4.78, 5) is 8.77. The van der Waals surface area contributed by atoms with Gasteiger partial charge >= 0.3 is 0 Å². The molecule has 3 N–H and O–H groups in total. The van der Waals surface area contributed by atoms with Crippen molar-refractivity contribution in [2.75, 3.05) is 24.3 Å². The van der Waals surface area contributed by atoms with Gasteiger partial charge in [-0.2, -0.15) is 0 Å². The van der Waals surface area contributed by atoms with E-state index in [9.17, 15) is 0 Å². The summed E-state index contributed by atoms with van der Waals surface area (Å²) in [6, 6.07) is 2.20. The number of nitrogens with two attached hydrogens (primary N) is 1. The number of hydrogen-bond donors (Lipinski definition) is 2. The molecule has 5 heteroatoms. The highest BCUT2D eigenvalue weighted by molar-refractivity contribution is 5.45. The van der Waals surface area contributed by atoms with Gasteiger partial charge in [0.15, 0.2) is 0 Å². The van der Waals surface area contributed by atoms with E-state index in [2.05, 4.69) is 29.1 Å². The maximum atomic E-state index is 5.83. The van der Waals surface area contributed by atoms with E-state index in [1.165, 1.54) is 0 Å². The molecule has 0 bridgehead atoms. The van der Waals surface area contributed by atoms with Gasteiger partial charge in [-0.25, -0.2) is 9.97 Å². The Morgan fingerprint density at radius 3 is 2.84 bits per heavy atom. The number of aromatic nitrogens is 2. The number of anilines is 2. The quantitative estimate of drug-likeness (QED) is 0.853. The molecule has 2 heterocycles. The van der Waals surface area contributed by atoms with Gasteiger partial charge in [0.25, 0.3) is 0 Å². The molecule has 0 radical (unpaired) electrons. The molecule has 106 valence electrons. The van der Waals surface area contributed by atoms with Crippen molar-refractivity contribution in [2.45, 2.75) is 45.6 Å². The summed E-state index contributed by atoms with van der Waals surface area (Å²) in [6.45, 7) is 6.05. The van der Waals surface area contributed by atoms with E-state index in [4.69, 9.17) is 10.5 Å². The van der Waals surface area contributed by atoms with E-state index in [1.54, 1.807) is 0 Å². The van der Waals surface area contributed by atoms with Gasteiger partial charge < -0.3 is 15.8 Å². The highest BCUT2D eigenvalue weighted by Gasteiger charge is 2.20. The minimum atomic E-state index is 0.382. The summed E-state index contributed by atoms with van der Waals surface area (Å²) in [5, 5.41) is 3.46. The molecule has 0 spiro atoms. The van der Waals surface area contributed by atoms with Crippen LogP contribution < -0.4 is 11.1 Å². The molecule has 5 nitrogen and oxygen atoms in total. The minimum Gasteiger partial charge on any atom is -0.384 e. The van der Waals surface area contributed by atoms with Crippen molar-refractivity contribution in [3.8, 4) is 0 Å². The van der Waals surface area contributed by atoms with Gasteiger partial charge in [-0.3, -0.25) is 0 Å². The Morgan fingerprint density at radius 2 is 2.16 bits per heavy atom. The Balaban J connectivity index is 2.00. The summed E-state index contributed by atoms with van der Waals surface area (Å²) >= 11 is 0. The second-order valence-corrected chi connectivity index (χ2v) is 5.23. The third kappa shape index (κ3) is 4.06. The van der Waals surface area contributed by atoms with Crippen LogP contribution in [0.3, 0.4) is 0 Å². The van der Waals surface area contributed by atoms with E-state index in [1.807, 2.05) is 6.07 Å². The lowest BCUT2D eigenvalue weighted by Gasteiger charge is -2.28. The van der Waals surface area contributed by atoms with Crippen molar-refractivity contribution in [2.24, 2.45) is 5.92 Å². The maximum absolute atomic E-state index is 5.83. The van der Waals surface area contributed by atoms with E-state index in [-0.39, 0.29) is 0 Å². The lowest BCUT2D eigenvalue weighted by Crippen LogP contribution is -2.31. The van der Waals surface area contributed by atoms with Crippen LogP contribution in [-0.4, -0.2) is 29.2 Å². The first kappa shape index (κ1) is 14.1. The number of nitrogens with one attached hydrogen (secondary N) is 1. The fraction of sp³-hybridized carbons (Fsp3) is 0.714. The van der Waals surface area contributed by atoms with E-state index >= 15 is 0 Å². The second-order valence-electron chi connectivity index (χ2n) is 5.23. The molecular formula is C14H24N4O. The van der Waals surface area contributed by atoms with Crippen molar-refractivity contribution in [3.05, 3.63) is 11.9 Å². The summed E-state index contributed by atoms with van der Waals surface area (Å²) in [6.07, 6.45) is 4.11. The zero-order valence-corrected chi connectivity index (χ0v) is 11.9. The Morgan fingerprint density at radius 1 is 1.42 bits per heavy atom. The molecular weight excluding hydrogens is 240 g/mol. The van der Waals surface area contributed by atoms with Gasteiger partial charge in [0.1, 0.15) is 17.5 Å². The number of nitrogens with zero attached hydrogens (tertiary/aromatic N) is 2. The second kappa shape index (κ2) is 6.70. The average molecular weight is 264 g/mol. The predicted molar refractivity (Wildman–Crippen MR) is 77.1 cm³/mol. The SMILES string of the molecule is CCCc1nc(N)cc(NC(C)C2CCOCC2)n1. The van der Waals surface area contributed by atoms with Gasteiger partial charge in [-0.05, 0) is 32.1 Å². The third-order valence-corrected chi connectivity index (χ3v) is 3.61. The van der Waals surface area contributed by atoms with E-state index < -0.39 is 0 Å². The Hall–Kier alpha value is -1.36. The molecule has 0 aromatic carbocycles. The minimum absolute atomic E-state index is 0.382. The molecule has 1 aliphatic heterocycles. The van der Waals surface area contributed by atoms with Crippen LogP contribution in [0.5, 0.6) is 0 Å². The van der Waals surface area contributed by atoms with Gasteiger partial charge in [0, 0.05) is 31.7 Å². The van der Waals surface area contributed by atoms with Crippen LogP contribution in [0.4, 0.5) is 11.6 Å². The number of rotatable bonds is 5. The molecule has 0 amide bonds. The summed E-state index contributed by atoms with van der Waals surface area (Å²) in [7, 11) is 0. The predicted octanol–water partition coefficient (Wildman–Crippen LogP) is 2.24. The van der Waals surface area contributed by atoms with E-state index in [0.29, 0.717) is 17.8 Å². The first-order valence-electron chi connectivity index (χ1n) is 7.16. The molecule has 1 aromatic heterocycles. The standard InChI is InChI=1S/C14H24N4O/c1-3-4-13-17-12(15)9-14(18-13)16-10(2)11-5-7-19-8-6-11/h9-11H,3-8H2,1-2H3,(H3,15,16,17,18). The van der Waals surface area contributed by atoms with Crippen molar-refractivity contribution in [3.63, 3.8) is 0 Å². The van der Waals surface area contributed by atoms with Crippen LogP contribution in [-0.2, 0) is 11.2 Å². The Bertz CT molecular complexity index is 404. The Labute approximate surface area is 115 Å². The molecule has 1 atom stereocenters. The zero-order valence-electron chi connectivity index (χ0n) is 11.9. The first-order chi connectivity index (χ1) is 9.19. The third-order valence-electron chi connectivity index (χ3n) is 3.61. The van der Waals surface area contributed by atoms with Crippen molar-refractivity contribution in [1.82, 2.24) is 9.97 Å². The topological polar surface area (TPSA) is 73.1 Å². The highest BCUT2D eigenvalue weighted by Crippen LogP contribution is 2.21. The fourth-order valence-electron chi connectivity index (χ4n) is 2.49. The van der Waals surface area contributed by atoms with Crippen LogP contribution in [0.15, 0.2) is 6.07 Å². The normalized spacial score (nSPS) is 18.2. The molecule has 2 rings (SSSR count). The number of aryl methyl sites for hydroxylation is 1. The van der Waals surface area contributed by atoms with Crippen molar-refractivity contribution in [1.29, 1.82) is 0 Å². The Kier molecular flexibility index (Phi) is 4.96. The largest absolute Gasteiger partial charge is 0.384 e. The molecule has 1 unspecified atom stereocenters. The molecule has 0 aliphatic carbocycles.